The van der Waals surface area contributed by atoms with Crippen molar-refractivity contribution in [2.45, 2.75) is 24.6 Å². The lowest BCUT2D eigenvalue weighted by Gasteiger charge is -2.19. The van der Waals surface area contributed by atoms with Gasteiger partial charge in [-0.1, -0.05) is 32.0 Å². The van der Waals surface area contributed by atoms with Crippen LogP contribution in [0.3, 0.4) is 0 Å². The summed E-state index contributed by atoms with van der Waals surface area (Å²) in [6.07, 6.45) is 0. The van der Waals surface area contributed by atoms with Crippen LogP contribution in [-0.2, 0) is 16.6 Å². The molecule has 2 rings (SSSR count). The first-order chi connectivity index (χ1) is 12.0. The molecule has 0 spiro atoms. The zero-order chi connectivity index (χ0) is 18.3. The van der Waals surface area contributed by atoms with Crippen LogP contribution in [0.4, 0.5) is 0 Å². The minimum absolute atomic E-state index is 0.194. The van der Waals surface area contributed by atoms with E-state index in [4.69, 9.17) is 4.74 Å². The first kappa shape index (κ1) is 20.4. The standard InChI is InChI=1S/C17H23BrN2O3S2/c1-3-20(4-2)11-12-23-15-8-6-5-7-14(15)13-19-25(21,22)17-10-9-16(18)24-17/h5-10,19H,3-4,11-13H2,1-2H3. The Balaban J connectivity index is 1.98. The number of nitrogens with one attached hydrogen (secondary N) is 1. The second kappa shape index (κ2) is 9.68. The molecule has 0 atom stereocenters. The topological polar surface area (TPSA) is 58.6 Å². The van der Waals surface area contributed by atoms with Crippen LogP contribution in [0.15, 0.2) is 44.4 Å². The molecule has 1 aromatic heterocycles. The molecule has 0 saturated heterocycles. The van der Waals surface area contributed by atoms with E-state index in [1.54, 1.807) is 12.1 Å². The highest BCUT2D eigenvalue weighted by molar-refractivity contribution is 9.11. The van der Waals surface area contributed by atoms with Crippen LogP contribution < -0.4 is 9.46 Å². The lowest BCUT2D eigenvalue weighted by Crippen LogP contribution is -2.28. The predicted octanol–water partition coefficient (Wildman–Crippen LogP) is 3.71. The third kappa shape index (κ3) is 6.07. The average Bonchev–Trinajstić information content (AvgIpc) is 3.05. The highest BCUT2D eigenvalue weighted by atomic mass is 79.9. The second-order valence-electron chi connectivity index (χ2n) is 5.37. The van der Waals surface area contributed by atoms with Crippen molar-refractivity contribution < 1.29 is 13.2 Å². The number of benzene rings is 1. The largest absolute Gasteiger partial charge is 0.492 e. The number of sulfonamides is 1. The van der Waals surface area contributed by atoms with Crippen molar-refractivity contribution in [3.63, 3.8) is 0 Å². The number of ether oxygens (including phenoxy) is 1. The first-order valence-electron chi connectivity index (χ1n) is 8.14. The molecular weight excluding hydrogens is 424 g/mol. The van der Waals surface area contributed by atoms with Crippen molar-refractivity contribution in [1.29, 1.82) is 0 Å². The van der Waals surface area contributed by atoms with Crippen LogP contribution in [0.25, 0.3) is 0 Å². The summed E-state index contributed by atoms with van der Waals surface area (Å²) in [5, 5.41) is 0. The summed E-state index contributed by atoms with van der Waals surface area (Å²) in [4.78, 5) is 2.28. The van der Waals surface area contributed by atoms with Crippen molar-refractivity contribution in [1.82, 2.24) is 9.62 Å². The number of halogens is 1. The van der Waals surface area contributed by atoms with Gasteiger partial charge < -0.3 is 9.64 Å². The van der Waals surface area contributed by atoms with Gasteiger partial charge in [-0.3, -0.25) is 0 Å². The lowest BCUT2D eigenvalue weighted by atomic mass is 10.2. The van der Waals surface area contributed by atoms with Gasteiger partial charge in [-0.05, 0) is 47.2 Å². The molecule has 0 aliphatic rings. The highest BCUT2D eigenvalue weighted by Crippen LogP contribution is 2.26. The van der Waals surface area contributed by atoms with Gasteiger partial charge in [-0.15, -0.1) is 11.3 Å². The first-order valence-corrected chi connectivity index (χ1v) is 11.2. The second-order valence-corrected chi connectivity index (χ2v) is 9.82. The molecule has 0 unspecified atom stereocenters. The summed E-state index contributed by atoms with van der Waals surface area (Å²) in [6.45, 7) is 7.82. The number of nitrogens with zero attached hydrogens (tertiary/aromatic N) is 1. The average molecular weight is 447 g/mol. The number of hydrogen-bond acceptors (Lipinski definition) is 5. The molecule has 0 aliphatic carbocycles. The van der Waals surface area contributed by atoms with E-state index >= 15 is 0 Å². The van der Waals surface area contributed by atoms with Crippen molar-refractivity contribution in [2.24, 2.45) is 0 Å². The number of thiophene rings is 1. The molecule has 0 amide bonds. The predicted molar refractivity (Wildman–Crippen MR) is 106 cm³/mol. The van der Waals surface area contributed by atoms with Crippen molar-refractivity contribution in [3.8, 4) is 5.75 Å². The number of likely N-dealkylation sites (N-methyl/N-ethyl adjacent to an activating group) is 1. The molecule has 8 heteroatoms. The van der Waals surface area contributed by atoms with E-state index in [0.717, 1.165) is 29.0 Å². The van der Waals surface area contributed by atoms with E-state index in [1.807, 2.05) is 24.3 Å². The molecule has 1 aromatic carbocycles. The molecule has 0 fully saturated rings. The van der Waals surface area contributed by atoms with Crippen LogP contribution in [0, 0.1) is 0 Å². The fourth-order valence-corrected chi connectivity index (χ4v) is 5.36. The normalized spacial score (nSPS) is 11.8. The highest BCUT2D eigenvalue weighted by Gasteiger charge is 2.17. The SMILES string of the molecule is CCN(CC)CCOc1ccccc1CNS(=O)(=O)c1ccc(Br)s1. The van der Waals surface area contributed by atoms with Crippen LogP contribution in [0.1, 0.15) is 19.4 Å². The minimum atomic E-state index is -3.52. The van der Waals surface area contributed by atoms with Crippen LogP contribution in [-0.4, -0.2) is 39.6 Å². The van der Waals surface area contributed by atoms with Gasteiger partial charge in [0, 0.05) is 18.7 Å². The molecule has 138 valence electrons. The number of rotatable bonds is 10. The summed E-state index contributed by atoms with van der Waals surface area (Å²) in [6, 6.07) is 10.8. The molecule has 1 heterocycles. The number of hydrogen-bond donors (Lipinski definition) is 1. The third-order valence-corrected chi connectivity index (χ3v) is 7.31. The van der Waals surface area contributed by atoms with Gasteiger partial charge in [0.05, 0.1) is 3.79 Å². The molecule has 0 bridgehead atoms. The summed E-state index contributed by atoms with van der Waals surface area (Å²) < 4.78 is 34.3. The van der Waals surface area contributed by atoms with Crippen molar-refractivity contribution >= 4 is 37.3 Å². The molecule has 0 saturated carbocycles. The van der Waals surface area contributed by atoms with Crippen LogP contribution in [0.5, 0.6) is 5.75 Å². The summed E-state index contributed by atoms with van der Waals surface area (Å²) >= 11 is 4.47. The fraction of sp³-hybridized carbons (Fsp3) is 0.412. The Hall–Kier alpha value is -0.930. The van der Waals surface area contributed by atoms with E-state index in [1.165, 1.54) is 11.3 Å². The quantitative estimate of drug-likeness (QED) is 0.604. The van der Waals surface area contributed by atoms with Crippen molar-refractivity contribution in [3.05, 3.63) is 45.7 Å². The summed E-state index contributed by atoms with van der Waals surface area (Å²) in [7, 11) is -3.52. The Morgan fingerprint density at radius 1 is 1.16 bits per heavy atom. The molecule has 0 radical (unpaired) electrons. The van der Waals surface area contributed by atoms with Crippen molar-refractivity contribution in [2.75, 3.05) is 26.2 Å². The molecule has 25 heavy (non-hydrogen) atoms. The van der Waals surface area contributed by atoms with Gasteiger partial charge in [0.15, 0.2) is 0 Å². The monoisotopic (exact) mass is 446 g/mol. The molecule has 1 N–H and O–H groups in total. The Bertz CT molecular complexity index is 774. The van der Waals surface area contributed by atoms with Gasteiger partial charge in [0.2, 0.25) is 10.0 Å². The lowest BCUT2D eigenvalue weighted by molar-refractivity contribution is 0.221. The maximum atomic E-state index is 12.3. The van der Waals surface area contributed by atoms with Gasteiger partial charge in [-0.25, -0.2) is 13.1 Å². The molecule has 5 nitrogen and oxygen atoms in total. The van der Waals surface area contributed by atoms with Gasteiger partial charge in [-0.2, -0.15) is 0 Å². The Labute approximate surface area is 162 Å². The molecular formula is C17H23BrN2O3S2. The van der Waals surface area contributed by atoms with E-state index in [0.29, 0.717) is 16.6 Å². The van der Waals surface area contributed by atoms with E-state index < -0.39 is 10.0 Å². The number of para-hydroxylation sites is 1. The van der Waals surface area contributed by atoms with E-state index in [2.05, 4.69) is 39.4 Å². The fourth-order valence-electron chi connectivity index (χ4n) is 2.30. The van der Waals surface area contributed by atoms with Gasteiger partial charge >= 0.3 is 0 Å². The Morgan fingerprint density at radius 2 is 1.88 bits per heavy atom. The summed E-state index contributed by atoms with van der Waals surface area (Å²) in [5.41, 5.74) is 0.821. The smallest absolute Gasteiger partial charge is 0.250 e. The molecule has 0 aliphatic heterocycles. The van der Waals surface area contributed by atoms with E-state index in [9.17, 15) is 8.42 Å². The maximum absolute atomic E-state index is 12.3. The van der Waals surface area contributed by atoms with Gasteiger partial charge in [0.1, 0.15) is 16.6 Å². The van der Waals surface area contributed by atoms with Crippen LogP contribution >= 0.6 is 27.3 Å². The third-order valence-electron chi connectivity index (χ3n) is 3.80. The summed E-state index contributed by atoms with van der Waals surface area (Å²) in [5.74, 6) is 0.713. The maximum Gasteiger partial charge on any atom is 0.250 e. The zero-order valence-corrected chi connectivity index (χ0v) is 17.6. The molecule has 2 aromatic rings. The van der Waals surface area contributed by atoms with E-state index in [-0.39, 0.29) is 6.54 Å². The zero-order valence-electron chi connectivity index (χ0n) is 14.4. The Morgan fingerprint density at radius 3 is 2.52 bits per heavy atom. The van der Waals surface area contributed by atoms with Crippen LogP contribution in [0.2, 0.25) is 0 Å². The van der Waals surface area contributed by atoms with Gasteiger partial charge in [0.25, 0.3) is 0 Å². The Kier molecular flexibility index (Phi) is 7.89. The minimum Gasteiger partial charge on any atom is -0.492 e.